The number of carboxylic acids is 1. The lowest BCUT2D eigenvalue weighted by molar-refractivity contribution is -0.144. The Bertz CT molecular complexity index is 730. The van der Waals surface area contributed by atoms with Crippen LogP contribution >= 0.6 is 0 Å². The summed E-state index contributed by atoms with van der Waals surface area (Å²) in [6.07, 6.45) is 1.16. The van der Waals surface area contributed by atoms with Crippen LogP contribution in [0.2, 0.25) is 0 Å². The maximum Gasteiger partial charge on any atom is 0.408 e. The Morgan fingerprint density at radius 1 is 1.22 bits per heavy atom. The molecule has 0 aliphatic carbocycles. The van der Waals surface area contributed by atoms with E-state index in [4.69, 9.17) is 4.74 Å². The predicted octanol–water partition coefficient (Wildman–Crippen LogP) is 3.08. The number of alkyl carbamates (subject to hydrolysis) is 1. The average molecular weight is 318 g/mol. The Kier molecular flexibility index (Phi) is 4.36. The summed E-state index contributed by atoms with van der Waals surface area (Å²) in [6, 6.07) is 7.62. The van der Waals surface area contributed by atoms with Crippen molar-refractivity contribution in [2.24, 2.45) is 0 Å². The number of amides is 1. The van der Waals surface area contributed by atoms with E-state index in [1.165, 1.54) is 6.92 Å². The first-order chi connectivity index (χ1) is 10.6. The zero-order valence-corrected chi connectivity index (χ0v) is 13.8. The number of carbonyl (C=O) groups is 2. The number of nitrogens with one attached hydrogen (secondary N) is 2. The van der Waals surface area contributed by atoms with Crippen molar-refractivity contribution in [2.75, 3.05) is 0 Å². The molecular weight excluding hydrogens is 296 g/mol. The number of carboxylic acid groups (broad SMARTS) is 1. The molecule has 0 bridgehead atoms. The van der Waals surface area contributed by atoms with Gasteiger partial charge in [-0.25, -0.2) is 9.59 Å². The van der Waals surface area contributed by atoms with E-state index in [9.17, 15) is 14.7 Å². The van der Waals surface area contributed by atoms with Crippen LogP contribution in [-0.4, -0.2) is 33.3 Å². The van der Waals surface area contributed by atoms with Crippen LogP contribution in [0.1, 0.15) is 33.3 Å². The molecule has 6 nitrogen and oxygen atoms in total. The standard InChI is InChI=1S/C17H22N2O4/c1-16(2,3)23-15(22)19-17(4,14(20)21)9-11-10-18-13-8-6-5-7-12(11)13/h5-8,10,18H,9H2,1-4H3,(H,19,22)(H,20,21)/t17-/m0/s1. The minimum atomic E-state index is -1.46. The SMILES string of the molecule is CC(C)(C)OC(=O)N[C@@](C)(Cc1c[nH]c2ccccc12)C(=O)O. The van der Waals surface area contributed by atoms with Crippen LogP contribution in [0, 0.1) is 0 Å². The smallest absolute Gasteiger partial charge is 0.408 e. The highest BCUT2D eigenvalue weighted by molar-refractivity contribution is 5.87. The summed E-state index contributed by atoms with van der Waals surface area (Å²) in [5, 5.41) is 13.0. The number of carbonyl (C=O) groups excluding carboxylic acids is 1. The summed E-state index contributed by atoms with van der Waals surface area (Å²) < 4.78 is 5.17. The van der Waals surface area contributed by atoms with E-state index < -0.39 is 23.2 Å². The Morgan fingerprint density at radius 2 is 1.87 bits per heavy atom. The lowest BCUT2D eigenvalue weighted by atomic mass is 9.93. The maximum atomic E-state index is 12.0. The fraction of sp³-hybridized carbons (Fsp3) is 0.412. The topological polar surface area (TPSA) is 91.4 Å². The van der Waals surface area contributed by atoms with Gasteiger partial charge in [0.05, 0.1) is 0 Å². The molecule has 6 heteroatoms. The van der Waals surface area contributed by atoms with E-state index in [1.807, 2.05) is 24.3 Å². The molecule has 0 unspecified atom stereocenters. The van der Waals surface area contributed by atoms with Crippen molar-refractivity contribution in [2.45, 2.75) is 45.3 Å². The molecule has 1 heterocycles. The molecule has 2 rings (SSSR count). The molecule has 3 N–H and O–H groups in total. The zero-order valence-electron chi connectivity index (χ0n) is 13.8. The van der Waals surface area contributed by atoms with Crippen LogP contribution in [0.15, 0.2) is 30.5 Å². The van der Waals surface area contributed by atoms with Gasteiger partial charge in [-0.3, -0.25) is 0 Å². The van der Waals surface area contributed by atoms with E-state index in [-0.39, 0.29) is 6.42 Å². The van der Waals surface area contributed by atoms with Crippen molar-refractivity contribution in [3.8, 4) is 0 Å². The number of aliphatic carboxylic acids is 1. The fourth-order valence-electron chi connectivity index (χ4n) is 2.36. The van der Waals surface area contributed by atoms with Gasteiger partial charge in [0.25, 0.3) is 0 Å². The van der Waals surface area contributed by atoms with Crippen molar-refractivity contribution >= 4 is 23.0 Å². The van der Waals surface area contributed by atoms with Crippen LogP contribution in [0.25, 0.3) is 10.9 Å². The summed E-state index contributed by atoms with van der Waals surface area (Å²) in [5.74, 6) is -1.12. The molecule has 23 heavy (non-hydrogen) atoms. The molecule has 0 saturated heterocycles. The van der Waals surface area contributed by atoms with Crippen LogP contribution in [-0.2, 0) is 16.0 Å². The van der Waals surface area contributed by atoms with Crippen LogP contribution < -0.4 is 5.32 Å². The first-order valence-electron chi connectivity index (χ1n) is 7.40. The summed E-state index contributed by atoms with van der Waals surface area (Å²) in [5.41, 5.74) is -0.411. The normalized spacial score (nSPS) is 14.3. The largest absolute Gasteiger partial charge is 0.480 e. The molecule has 1 amide bonds. The zero-order chi connectivity index (χ0) is 17.3. The number of fused-ring (bicyclic) bond motifs is 1. The second-order valence-electron chi connectivity index (χ2n) is 6.80. The van der Waals surface area contributed by atoms with Gasteiger partial charge in [0.2, 0.25) is 0 Å². The predicted molar refractivity (Wildman–Crippen MR) is 87.4 cm³/mol. The second kappa shape index (κ2) is 5.95. The molecule has 124 valence electrons. The summed E-state index contributed by atoms with van der Waals surface area (Å²) >= 11 is 0. The van der Waals surface area contributed by atoms with Crippen LogP contribution in [0.5, 0.6) is 0 Å². The molecule has 0 radical (unpaired) electrons. The van der Waals surface area contributed by atoms with Crippen molar-refractivity contribution in [1.29, 1.82) is 0 Å². The minimum absolute atomic E-state index is 0.144. The molecule has 1 aromatic carbocycles. The van der Waals surface area contributed by atoms with Gasteiger partial charge in [0, 0.05) is 23.5 Å². The number of hydrogen-bond acceptors (Lipinski definition) is 3. The average Bonchev–Trinajstić information content (AvgIpc) is 2.79. The van der Waals surface area contributed by atoms with Gasteiger partial charge in [-0.2, -0.15) is 0 Å². The number of rotatable bonds is 4. The minimum Gasteiger partial charge on any atom is -0.480 e. The number of benzene rings is 1. The second-order valence-corrected chi connectivity index (χ2v) is 6.80. The highest BCUT2D eigenvalue weighted by Crippen LogP contribution is 2.23. The number of aromatic amines is 1. The van der Waals surface area contributed by atoms with Crippen LogP contribution in [0.4, 0.5) is 4.79 Å². The first kappa shape index (κ1) is 16.9. The van der Waals surface area contributed by atoms with Gasteiger partial charge in [-0.15, -0.1) is 0 Å². The molecule has 0 aliphatic rings. The van der Waals surface area contributed by atoms with E-state index in [0.717, 1.165) is 16.5 Å². The van der Waals surface area contributed by atoms with Crippen LogP contribution in [0.3, 0.4) is 0 Å². The third-order valence-electron chi connectivity index (χ3n) is 3.47. The van der Waals surface area contributed by atoms with Gasteiger partial charge < -0.3 is 20.1 Å². The number of ether oxygens (including phenoxy) is 1. The van der Waals surface area contributed by atoms with Gasteiger partial charge in [-0.1, -0.05) is 18.2 Å². The fourth-order valence-corrected chi connectivity index (χ4v) is 2.36. The van der Waals surface area contributed by atoms with Crippen molar-refractivity contribution in [3.05, 3.63) is 36.0 Å². The van der Waals surface area contributed by atoms with Gasteiger partial charge in [0.15, 0.2) is 0 Å². The first-order valence-corrected chi connectivity index (χ1v) is 7.40. The van der Waals surface area contributed by atoms with Gasteiger partial charge in [0.1, 0.15) is 11.1 Å². The van der Waals surface area contributed by atoms with E-state index in [0.29, 0.717) is 0 Å². The number of hydrogen-bond donors (Lipinski definition) is 3. The van der Waals surface area contributed by atoms with E-state index >= 15 is 0 Å². The summed E-state index contributed by atoms with van der Waals surface area (Å²) in [4.78, 5) is 26.8. The van der Waals surface area contributed by atoms with E-state index in [1.54, 1.807) is 27.0 Å². The molecule has 2 aromatic rings. The third kappa shape index (κ3) is 4.03. The molecule has 0 fully saturated rings. The Hall–Kier alpha value is -2.50. The Labute approximate surface area is 134 Å². The van der Waals surface area contributed by atoms with Crippen molar-refractivity contribution < 1.29 is 19.4 Å². The lowest BCUT2D eigenvalue weighted by Gasteiger charge is -2.28. The van der Waals surface area contributed by atoms with Gasteiger partial charge >= 0.3 is 12.1 Å². The number of aromatic nitrogens is 1. The van der Waals surface area contributed by atoms with Crippen molar-refractivity contribution in [3.63, 3.8) is 0 Å². The molecule has 0 aliphatic heterocycles. The van der Waals surface area contributed by atoms with E-state index in [2.05, 4.69) is 10.3 Å². The molecule has 0 saturated carbocycles. The summed E-state index contributed by atoms with van der Waals surface area (Å²) in [6.45, 7) is 6.65. The Morgan fingerprint density at radius 3 is 2.48 bits per heavy atom. The maximum absolute atomic E-state index is 12.0. The van der Waals surface area contributed by atoms with Crippen molar-refractivity contribution in [1.82, 2.24) is 10.3 Å². The lowest BCUT2D eigenvalue weighted by Crippen LogP contribution is -2.54. The molecular formula is C17H22N2O4. The highest BCUT2D eigenvalue weighted by Gasteiger charge is 2.37. The number of H-pyrrole nitrogens is 1. The highest BCUT2D eigenvalue weighted by atomic mass is 16.6. The number of para-hydroxylation sites is 1. The summed E-state index contributed by atoms with van der Waals surface area (Å²) in [7, 11) is 0. The Balaban J connectivity index is 2.24. The molecule has 1 aromatic heterocycles. The monoisotopic (exact) mass is 318 g/mol. The molecule has 1 atom stereocenters. The quantitative estimate of drug-likeness (QED) is 0.808. The van der Waals surface area contributed by atoms with Gasteiger partial charge in [-0.05, 0) is 39.3 Å². The molecule has 0 spiro atoms. The third-order valence-corrected chi connectivity index (χ3v) is 3.47.